The Kier molecular flexibility index (Phi) is 9.93. The molecule has 0 bridgehead atoms. The van der Waals surface area contributed by atoms with Crippen LogP contribution in [-0.4, -0.2) is 11.4 Å². The van der Waals surface area contributed by atoms with E-state index >= 15 is 0 Å². The van der Waals surface area contributed by atoms with E-state index in [0.717, 1.165) is 5.56 Å². The molecule has 0 saturated carbocycles. The first kappa shape index (κ1) is 16.2. The van der Waals surface area contributed by atoms with Gasteiger partial charge in [0, 0.05) is 12.0 Å². The second-order valence-corrected chi connectivity index (χ2v) is 5.03. The molecule has 2 atom stereocenters. The van der Waals surface area contributed by atoms with E-state index in [2.05, 4.69) is 13.8 Å². The second-order valence-electron chi connectivity index (χ2n) is 3.81. The maximum absolute atomic E-state index is 11.0. The lowest BCUT2D eigenvalue weighted by molar-refractivity contribution is 0.486. The van der Waals surface area contributed by atoms with Crippen molar-refractivity contribution in [3.05, 3.63) is 35.9 Å². The highest BCUT2D eigenvalue weighted by Crippen LogP contribution is 2.39. The Balaban J connectivity index is 0.000000557. The van der Waals surface area contributed by atoms with Crippen LogP contribution in [0.3, 0.4) is 0 Å². The van der Waals surface area contributed by atoms with Gasteiger partial charge in [-0.25, -0.2) is 0 Å². The van der Waals surface area contributed by atoms with Crippen LogP contribution in [0.4, 0.5) is 0 Å². The van der Waals surface area contributed by atoms with Gasteiger partial charge < -0.3 is 5.73 Å². The zero-order chi connectivity index (χ0) is 13.1. The van der Waals surface area contributed by atoms with Crippen LogP contribution in [0.15, 0.2) is 30.3 Å². The molecule has 3 N–H and O–H groups in total. The summed E-state index contributed by atoms with van der Waals surface area (Å²) in [6, 6.07) is 9.30. The molecule has 3 nitrogen and oxygen atoms in total. The molecule has 0 heterocycles. The van der Waals surface area contributed by atoms with Gasteiger partial charge in [-0.1, -0.05) is 57.0 Å². The van der Waals surface area contributed by atoms with Gasteiger partial charge in [0.25, 0.3) is 0 Å². The van der Waals surface area contributed by atoms with E-state index in [1.54, 1.807) is 0 Å². The third-order valence-electron chi connectivity index (χ3n) is 2.39. The van der Waals surface area contributed by atoms with Crippen LogP contribution < -0.4 is 5.73 Å². The van der Waals surface area contributed by atoms with Crippen LogP contribution in [0.25, 0.3) is 0 Å². The summed E-state index contributed by atoms with van der Waals surface area (Å²) >= 11 is 0. The summed E-state index contributed by atoms with van der Waals surface area (Å²) in [4.78, 5) is 9.05. The van der Waals surface area contributed by atoms with Gasteiger partial charge in [0.15, 0.2) is 0 Å². The van der Waals surface area contributed by atoms with Gasteiger partial charge in [0.1, 0.15) is 0 Å². The van der Waals surface area contributed by atoms with E-state index in [0.29, 0.717) is 13.0 Å². The highest BCUT2D eigenvalue weighted by Gasteiger charge is 2.29. The normalized spacial score (nSPS) is 12.4. The lowest BCUT2D eigenvalue weighted by atomic mass is 10.1. The maximum Gasteiger partial charge on any atom is 0.513 e. The minimum Gasteiger partial charge on any atom is -0.330 e. The monoisotopic (exact) mass is 256 g/mol. The summed E-state index contributed by atoms with van der Waals surface area (Å²) in [6.45, 7) is 4.79. The number of hydrogen-bond donors (Lipinski definition) is 2. The highest BCUT2D eigenvalue weighted by atomic mass is 31.1. The third kappa shape index (κ3) is 7.22. The van der Waals surface area contributed by atoms with Crippen molar-refractivity contribution in [3.63, 3.8) is 0 Å². The summed E-state index contributed by atoms with van der Waals surface area (Å²) in [7, 11) is -2.18. The van der Waals surface area contributed by atoms with Gasteiger partial charge in [-0.05, 0) is 11.1 Å². The molecule has 0 saturated heterocycles. The number of nitrogens with two attached hydrogens (primary N) is 1. The van der Waals surface area contributed by atoms with Gasteiger partial charge >= 0.3 is 8.03 Å². The molecule has 0 aliphatic rings. The zero-order valence-corrected chi connectivity index (χ0v) is 11.6. The Morgan fingerprint density at radius 2 is 1.76 bits per heavy atom. The lowest BCUT2D eigenvalue weighted by Crippen LogP contribution is -2.04. The number of unbranched alkanes of at least 4 members (excludes halogenated alkanes) is 1. The first-order valence-electron chi connectivity index (χ1n) is 6.07. The predicted molar refractivity (Wildman–Crippen MR) is 73.3 cm³/mol. The van der Waals surface area contributed by atoms with E-state index in [4.69, 9.17) is 10.6 Å². The van der Waals surface area contributed by atoms with Crippen LogP contribution in [-0.2, 0) is 4.57 Å². The molecule has 0 amide bonds. The average molecular weight is 256 g/mol. The minimum absolute atomic E-state index is 0.318. The molecule has 1 rings (SSSR count). The summed E-state index contributed by atoms with van der Waals surface area (Å²) in [6.07, 6.45) is 3.19. The number of hydrogen-bond acceptors (Lipinski definition) is 2. The second kappa shape index (κ2) is 10.4. The van der Waals surface area contributed by atoms with Crippen LogP contribution >= 0.6 is 8.03 Å². The fourth-order valence-electron chi connectivity index (χ4n) is 1.24. The highest BCUT2D eigenvalue weighted by molar-refractivity contribution is 7.38. The first-order valence-corrected chi connectivity index (χ1v) is 7.35. The van der Waals surface area contributed by atoms with Gasteiger partial charge in [-0.15, -0.1) is 0 Å². The summed E-state index contributed by atoms with van der Waals surface area (Å²) in [5.74, 6) is 0. The molecule has 0 aliphatic carbocycles. The Labute approximate surface area is 105 Å². The molecule has 0 radical (unpaired) electrons. The van der Waals surface area contributed by atoms with E-state index in [1.165, 1.54) is 12.8 Å². The van der Waals surface area contributed by atoms with Crippen molar-refractivity contribution < 1.29 is 9.46 Å². The van der Waals surface area contributed by atoms with Crippen LogP contribution in [0.5, 0.6) is 0 Å². The van der Waals surface area contributed by atoms with Gasteiger partial charge in [0.2, 0.25) is 5.66 Å². The van der Waals surface area contributed by atoms with Crippen LogP contribution in [0.2, 0.25) is 0 Å². The molecule has 96 valence electrons. The van der Waals surface area contributed by atoms with E-state index in [-0.39, 0.29) is 5.66 Å². The quantitative estimate of drug-likeness (QED) is 0.791. The Morgan fingerprint density at radius 3 is 2.12 bits per heavy atom. The van der Waals surface area contributed by atoms with Crippen molar-refractivity contribution in [2.24, 2.45) is 5.73 Å². The lowest BCUT2D eigenvalue weighted by Gasteiger charge is -2.02. The molecule has 4 heteroatoms. The van der Waals surface area contributed by atoms with Gasteiger partial charge in [0.05, 0.1) is 0 Å². The molecular formula is C13H23NO2P+. The average Bonchev–Trinajstić information content (AvgIpc) is 2.37. The van der Waals surface area contributed by atoms with E-state index < -0.39 is 8.03 Å². The summed E-state index contributed by atoms with van der Waals surface area (Å²) in [5.41, 5.74) is 5.93. The van der Waals surface area contributed by atoms with Crippen molar-refractivity contribution in [1.29, 1.82) is 0 Å². The Hall–Kier alpha value is -0.760. The fraction of sp³-hybridized carbons (Fsp3) is 0.538. The Bertz CT molecular complexity index is 302. The van der Waals surface area contributed by atoms with E-state index in [9.17, 15) is 4.57 Å². The van der Waals surface area contributed by atoms with Crippen molar-refractivity contribution in [3.8, 4) is 0 Å². The molecule has 0 fully saturated rings. The fourth-order valence-corrected chi connectivity index (χ4v) is 2.03. The summed E-state index contributed by atoms with van der Waals surface area (Å²) in [5, 5.41) is 0. The van der Waals surface area contributed by atoms with E-state index in [1.807, 2.05) is 30.3 Å². The van der Waals surface area contributed by atoms with Gasteiger partial charge in [-0.3, -0.25) is 0 Å². The van der Waals surface area contributed by atoms with Gasteiger partial charge in [-0.2, -0.15) is 4.89 Å². The van der Waals surface area contributed by atoms with Crippen LogP contribution in [0, 0.1) is 0 Å². The van der Waals surface area contributed by atoms with Crippen molar-refractivity contribution in [1.82, 2.24) is 0 Å². The molecule has 0 spiro atoms. The molecule has 1 aromatic carbocycles. The first-order chi connectivity index (χ1) is 8.17. The molecule has 17 heavy (non-hydrogen) atoms. The Morgan fingerprint density at radius 1 is 1.24 bits per heavy atom. The SMILES string of the molecule is CCCC.NCCC(c1ccccc1)[P+](=O)O. The van der Waals surface area contributed by atoms with Crippen molar-refractivity contribution >= 4 is 8.03 Å². The predicted octanol–water partition coefficient (Wildman–Crippen LogP) is 3.62. The van der Waals surface area contributed by atoms with Crippen LogP contribution in [0.1, 0.15) is 44.3 Å². The number of benzene rings is 1. The third-order valence-corrected chi connectivity index (χ3v) is 3.48. The topological polar surface area (TPSA) is 63.3 Å². The molecular weight excluding hydrogens is 233 g/mol. The van der Waals surface area contributed by atoms with Crippen molar-refractivity contribution in [2.45, 2.75) is 38.8 Å². The number of rotatable bonds is 5. The largest absolute Gasteiger partial charge is 0.513 e. The maximum atomic E-state index is 11.0. The summed E-state index contributed by atoms with van der Waals surface area (Å²) < 4.78 is 11.0. The molecule has 0 aromatic heterocycles. The van der Waals surface area contributed by atoms with Crippen molar-refractivity contribution in [2.75, 3.05) is 6.54 Å². The minimum atomic E-state index is -2.18. The molecule has 2 unspecified atom stereocenters. The molecule has 1 aromatic rings. The standard InChI is InChI=1S/C9H12NO2P.C4H10/c10-7-6-9(13(11)12)8-4-2-1-3-5-8;1-3-4-2/h1-5,9H,6-7,10H2;3-4H2,1-2H3/p+1. The molecule has 0 aliphatic heterocycles. The smallest absolute Gasteiger partial charge is 0.330 e. The zero-order valence-electron chi connectivity index (χ0n) is 10.7.